The number of methoxy groups -OCH3 is 1. The van der Waals surface area contributed by atoms with Crippen LogP contribution in [0, 0.1) is 5.92 Å². The number of hydrogen-bond acceptors (Lipinski definition) is 4. The van der Waals surface area contributed by atoms with Gasteiger partial charge in [0.05, 0.1) is 18.2 Å². The molecule has 1 heterocycles. The lowest BCUT2D eigenvalue weighted by atomic mass is 9.90. The van der Waals surface area contributed by atoms with E-state index in [0.29, 0.717) is 0 Å². The van der Waals surface area contributed by atoms with Crippen LogP contribution in [0.1, 0.15) is 13.8 Å². The lowest BCUT2D eigenvalue weighted by molar-refractivity contribution is -0.231. The minimum Gasteiger partial charge on any atom is -0.390 e. The van der Waals surface area contributed by atoms with Gasteiger partial charge >= 0.3 is 0 Å². The van der Waals surface area contributed by atoms with Crippen LogP contribution >= 0.6 is 0 Å². The van der Waals surface area contributed by atoms with E-state index in [0.717, 1.165) is 0 Å². The highest BCUT2D eigenvalue weighted by molar-refractivity contribution is 4.87. The van der Waals surface area contributed by atoms with E-state index in [-0.39, 0.29) is 18.1 Å². The summed E-state index contributed by atoms with van der Waals surface area (Å²) in [7, 11) is 1.56. The molecule has 3 N–H and O–H groups in total. The maximum Gasteiger partial charge on any atom is 0.172 e. The molecule has 0 radical (unpaired) electrons. The van der Waals surface area contributed by atoms with Crippen LogP contribution < -0.4 is 5.73 Å². The molecule has 0 unspecified atom stereocenters. The zero-order valence-corrected chi connectivity index (χ0v) is 7.73. The Morgan fingerprint density at radius 1 is 1.42 bits per heavy atom. The van der Waals surface area contributed by atoms with Gasteiger partial charge < -0.3 is 20.3 Å². The van der Waals surface area contributed by atoms with Crippen LogP contribution in [-0.2, 0) is 9.47 Å². The fourth-order valence-corrected chi connectivity index (χ4v) is 1.50. The van der Waals surface area contributed by atoms with Crippen LogP contribution in [0.5, 0.6) is 0 Å². The Labute approximate surface area is 72.6 Å². The highest BCUT2D eigenvalue weighted by atomic mass is 16.7. The van der Waals surface area contributed by atoms with Crippen LogP contribution in [0.15, 0.2) is 0 Å². The van der Waals surface area contributed by atoms with Crippen molar-refractivity contribution in [1.29, 1.82) is 0 Å². The maximum atomic E-state index is 9.57. The average Bonchev–Trinajstić information content (AvgIpc) is 2.08. The van der Waals surface area contributed by atoms with Crippen LogP contribution in [0.25, 0.3) is 0 Å². The zero-order chi connectivity index (χ0) is 9.30. The number of hydrogen-bond donors (Lipinski definition) is 2. The monoisotopic (exact) mass is 175 g/mol. The van der Waals surface area contributed by atoms with Crippen molar-refractivity contribution in [2.24, 2.45) is 11.7 Å². The average molecular weight is 175 g/mol. The Morgan fingerprint density at radius 3 is 2.50 bits per heavy atom. The van der Waals surface area contributed by atoms with Gasteiger partial charge in [-0.25, -0.2) is 0 Å². The molecular formula is C8H17NO3. The fraction of sp³-hybridized carbons (Fsp3) is 1.00. The van der Waals surface area contributed by atoms with Crippen LogP contribution in [0.2, 0.25) is 0 Å². The summed E-state index contributed by atoms with van der Waals surface area (Å²) < 4.78 is 10.4. The summed E-state index contributed by atoms with van der Waals surface area (Å²) in [5.41, 5.74) is 5.78. The molecule has 0 amide bonds. The Hall–Kier alpha value is -0.160. The molecule has 5 atom stereocenters. The summed E-state index contributed by atoms with van der Waals surface area (Å²) in [4.78, 5) is 0. The first-order valence-electron chi connectivity index (χ1n) is 4.19. The summed E-state index contributed by atoms with van der Waals surface area (Å²) in [5.74, 6) is 0.0127. The molecule has 1 fully saturated rings. The van der Waals surface area contributed by atoms with Gasteiger partial charge in [-0.15, -0.1) is 0 Å². The third-order valence-electron chi connectivity index (χ3n) is 2.52. The van der Waals surface area contributed by atoms with E-state index in [2.05, 4.69) is 0 Å². The van der Waals surface area contributed by atoms with Crippen molar-refractivity contribution in [2.45, 2.75) is 38.4 Å². The van der Waals surface area contributed by atoms with E-state index in [1.165, 1.54) is 0 Å². The lowest BCUT2D eigenvalue weighted by Crippen LogP contribution is -2.56. The van der Waals surface area contributed by atoms with Gasteiger partial charge in [0, 0.05) is 13.0 Å². The van der Waals surface area contributed by atoms with Crippen LogP contribution in [0.4, 0.5) is 0 Å². The summed E-state index contributed by atoms with van der Waals surface area (Å²) in [5, 5.41) is 9.57. The zero-order valence-electron chi connectivity index (χ0n) is 7.73. The van der Waals surface area contributed by atoms with E-state index < -0.39 is 12.4 Å². The van der Waals surface area contributed by atoms with E-state index in [1.54, 1.807) is 7.11 Å². The number of ether oxygens (including phenoxy) is 2. The first-order valence-corrected chi connectivity index (χ1v) is 4.19. The summed E-state index contributed by atoms with van der Waals surface area (Å²) in [6.07, 6.45) is -1.09. The third-order valence-corrected chi connectivity index (χ3v) is 2.52. The van der Waals surface area contributed by atoms with Crippen molar-refractivity contribution in [1.82, 2.24) is 0 Å². The minimum absolute atomic E-state index is 0.0127. The Kier molecular flexibility index (Phi) is 3.06. The largest absolute Gasteiger partial charge is 0.390 e. The molecule has 1 aliphatic heterocycles. The van der Waals surface area contributed by atoms with E-state index in [4.69, 9.17) is 15.2 Å². The highest BCUT2D eigenvalue weighted by Gasteiger charge is 2.38. The van der Waals surface area contributed by atoms with Crippen LogP contribution in [-0.4, -0.2) is 36.8 Å². The molecule has 1 rings (SSSR count). The van der Waals surface area contributed by atoms with Gasteiger partial charge in [-0.2, -0.15) is 0 Å². The topological polar surface area (TPSA) is 64.7 Å². The highest BCUT2D eigenvalue weighted by Crippen LogP contribution is 2.24. The minimum atomic E-state index is -0.494. The van der Waals surface area contributed by atoms with E-state index >= 15 is 0 Å². The quantitative estimate of drug-likeness (QED) is 0.574. The molecule has 1 aliphatic rings. The van der Waals surface area contributed by atoms with Gasteiger partial charge in [0.1, 0.15) is 0 Å². The van der Waals surface area contributed by atoms with Crippen molar-refractivity contribution in [3.05, 3.63) is 0 Å². The summed E-state index contributed by atoms with van der Waals surface area (Å²) >= 11 is 0. The molecule has 0 aliphatic carbocycles. The smallest absolute Gasteiger partial charge is 0.172 e. The number of aliphatic hydroxyl groups excluding tert-OH is 1. The second-order valence-electron chi connectivity index (χ2n) is 3.37. The van der Waals surface area contributed by atoms with Crippen molar-refractivity contribution in [3.8, 4) is 0 Å². The lowest BCUT2D eigenvalue weighted by Gasteiger charge is -2.40. The molecule has 12 heavy (non-hydrogen) atoms. The summed E-state index contributed by atoms with van der Waals surface area (Å²) in [6, 6.07) is -0.249. The van der Waals surface area contributed by atoms with Gasteiger partial charge in [-0.1, -0.05) is 6.92 Å². The standard InChI is InChI=1S/C8H17NO3/c1-4-6(9)8(11-3)12-5(2)7(4)10/h4-8,10H,9H2,1-3H3/t4-,5-,6-,7+,8-/m1/s1. The predicted octanol–water partition coefficient (Wildman–Crippen LogP) is -0.298. The summed E-state index contributed by atoms with van der Waals surface area (Å²) in [6.45, 7) is 3.72. The number of nitrogens with two attached hydrogens (primary N) is 1. The van der Waals surface area contributed by atoms with Gasteiger partial charge in [0.15, 0.2) is 6.29 Å². The van der Waals surface area contributed by atoms with Crippen molar-refractivity contribution in [3.63, 3.8) is 0 Å². The van der Waals surface area contributed by atoms with Crippen molar-refractivity contribution in [2.75, 3.05) is 7.11 Å². The molecule has 0 bridgehead atoms. The second-order valence-corrected chi connectivity index (χ2v) is 3.37. The first kappa shape index (κ1) is 9.92. The molecule has 4 heteroatoms. The molecule has 0 aromatic carbocycles. The molecule has 4 nitrogen and oxygen atoms in total. The first-order chi connectivity index (χ1) is 5.57. The molecule has 0 aromatic rings. The third kappa shape index (κ3) is 1.61. The SMILES string of the molecule is CO[C@@H]1O[C@H](C)[C@@H](O)[C@H](C)[C@H]1N. The molecule has 0 spiro atoms. The Balaban J connectivity index is 2.63. The van der Waals surface area contributed by atoms with Crippen molar-refractivity contribution < 1.29 is 14.6 Å². The van der Waals surface area contributed by atoms with Gasteiger partial charge in [-0.05, 0) is 6.92 Å². The maximum absolute atomic E-state index is 9.57. The molecule has 72 valence electrons. The van der Waals surface area contributed by atoms with Crippen molar-refractivity contribution >= 4 is 0 Å². The van der Waals surface area contributed by atoms with Gasteiger partial charge in [-0.3, -0.25) is 0 Å². The Morgan fingerprint density at radius 2 is 2.00 bits per heavy atom. The molecule has 0 saturated carbocycles. The molecule has 0 aromatic heterocycles. The number of aliphatic hydroxyl groups is 1. The second kappa shape index (κ2) is 3.70. The van der Waals surface area contributed by atoms with Gasteiger partial charge in [0.2, 0.25) is 0 Å². The van der Waals surface area contributed by atoms with E-state index in [1.807, 2.05) is 13.8 Å². The fourth-order valence-electron chi connectivity index (χ4n) is 1.50. The van der Waals surface area contributed by atoms with E-state index in [9.17, 15) is 5.11 Å². The number of rotatable bonds is 1. The molecular weight excluding hydrogens is 158 g/mol. The normalized spacial score (nSPS) is 49.2. The van der Waals surface area contributed by atoms with Crippen LogP contribution in [0.3, 0.4) is 0 Å². The predicted molar refractivity (Wildman–Crippen MR) is 44.5 cm³/mol. The Bertz CT molecular complexity index is 148. The van der Waals surface area contributed by atoms with Gasteiger partial charge in [0.25, 0.3) is 0 Å². The molecule has 1 saturated heterocycles.